The lowest BCUT2D eigenvalue weighted by Crippen LogP contribution is -2.08. The van der Waals surface area contributed by atoms with E-state index >= 15 is 0 Å². The topological polar surface area (TPSA) is 32.3 Å². The summed E-state index contributed by atoms with van der Waals surface area (Å²) in [6.45, 7) is 1.74. The average Bonchev–Trinajstić information content (AvgIpc) is 2.36. The molecule has 1 unspecified atom stereocenters. The fourth-order valence-electron chi connectivity index (χ4n) is 1.85. The first-order valence-corrected chi connectivity index (χ1v) is 6.95. The van der Waals surface area contributed by atoms with E-state index in [0.29, 0.717) is 15.7 Å². The molecule has 2 rings (SSSR count). The van der Waals surface area contributed by atoms with E-state index < -0.39 is 17.7 Å². The number of phenolic OH excluding ortho intramolecular Hbond substituents is 1. The van der Waals surface area contributed by atoms with Crippen molar-refractivity contribution in [2.75, 3.05) is 5.32 Å². The summed E-state index contributed by atoms with van der Waals surface area (Å²) in [6, 6.07) is 5.72. The minimum Gasteiger partial charge on any atom is -0.508 e. The van der Waals surface area contributed by atoms with Gasteiger partial charge in [-0.2, -0.15) is 0 Å². The van der Waals surface area contributed by atoms with Crippen LogP contribution in [0.1, 0.15) is 18.5 Å². The van der Waals surface area contributed by atoms with Gasteiger partial charge in [0.25, 0.3) is 0 Å². The van der Waals surface area contributed by atoms with Crippen molar-refractivity contribution >= 4 is 33.2 Å². The third-order valence-electron chi connectivity index (χ3n) is 2.82. The molecule has 0 aromatic heterocycles. The van der Waals surface area contributed by atoms with E-state index in [-0.39, 0.29) is 10.8 Å². The zero-order valence-corrected chi connectivity index (χ0v) is 12.8. The lowest BCUT2D eigenvalue weighted by molar-refractivity contribution is 0.462. The van der Waals surface area contributed by atoms with Gasteiger partial charge in [-0.3, -0.25) is 0 Å². The molecule has 0 bridgehead atoms. The number of rotatable bonds is 3. The number of aromatic hydroxyl groups is 1. The quantitative estimate of drug-likeness (QED) is 0.780. The largest absolute Gasteiger partial charge is 0.508 e. The Balaban J connectivity index is 2.32. The van der Waals surface area contributed by atoms with Gasteiger partial charge in [0.15, 0.2) is 0 Å². The van der Waals surface area contributed by atoms with Crippen LogP contribution in [0.5, 0.6) is 5.75 Å². The number of nitrogens with one attached hydrogen (secondary N) is 1. The van der Waals surface area contributed by atoms with Crippen LogP contribution in [0.4, 0.5) is 14.5 Å². The molecule has 20 heavy (non-hydrogen) atoms. The highest BCUT2D eigenvalue weighted by Gasteiger charge is 2.15. The van der Waals surface area contributed by atoms with Crippen molar-refractivity contribution in [2.45, 2.75) is 13.0 Å². The maximum atomic E-state index is 13.2. The second-order valence-corrected chi connectivity index (χ2v) is 5.58. The van der Waals surface area contributed by atoms with Gasteiger partial charge in [-0.1, -0.05) is 11.6 Å². The van der Waals surface area contributed by atoms with E-state index in [9.17, 15) is 13.9 Å². The van der Waals surface area contributed by atoms with Crippen LogP contribution in [0.25, 0.3) is 0 Å². The summed E-state index contributed by atoms with van der Waals surface area (Å²) in [5.74, 6) is -0.940. The zero-order chi connectivity index (χ0) is 14.9. The summed E-state index contributed by atoms with van der Waals surface area (Å²) in [7, 11) is 0. The van der Waals surface area contributed by atoms with Gasteiger partial charge in [0, 0.05) is 10.0 Å². The first kappa shape index (κ1) is 15.1. The maximum Gasteiger partial charge on any atom is 0.125 e. The molecule has 2 aromatic rings. The van der Waals surface area contributed by atoms with E-state index in [0.717, 1.165) is 0 Å². The first-order chi connectivity index (χ1) is 9.38. The van der Waals surface area contributed by atoms with Crippen LogP contribution in [0.2, 0.25) is 5.02 Å². The Labute approximate surface area is 128 Å². The number of hydrogen-bond acceptors (Lipinski definition) is 2. The molecular weight excluding hydrogens is 352 g/mol. The number of phenols is 1. The summed E-state index contributed by atoms with van der Waals surface area (Å²) in [6.07, 6.45) is 0. The summed E-state index contributed by atoms with van der Waals surface area (Å²) < 4.78 is 26.8. The second kappa shape index (κ2) is 5.97. The van der Waals surface area contributed by atoms with Crippen LogP contribution >= 0.6 is 27.5 Å². The van der Waals surface area contributed by atoms with Gasteiger partial charge >= 0.3 is 0 Å². The van der Waals surface area contributed by atoms with Crippen molar-refractivity contribution in [1.82, 2.24) is 0 Å². The van der Waals surface area contributed by atoms with Gasteiger partial charge in [0.2, 0.25) is 0 Å². The van der Waals surface area contributed by atoms with E-state index in [2.05, 4.69) is 21.2 Å². The third kappa shape index (κ3) is 3.22. The van der Waals surface area contributed by atoms with Crippen LogP contribution < -0.4 is 5.32 Å². The fraction of sp³-hybridized carbons (Fsp3) is 0.143. The smallest absolute Gasteiger partial charge is 0.125 e. The standard InChI is InChI=1S/C14H11BrClF2NO/c1-7(10-4-8(17)2-3-13(10)20)19-14-11(15)5-9(18)6-12(14)16/h2-7,19-20H,1H3. The van der Waals surface area contributed by atoms with Crippen molar-refractivity contribution in [3.05, 3.63) is 57.0 Å². The fourth-order valence-corrected chi connectivity index (χ4v) is 2.77. The van der Waals surface area contributed by atoms with Crippen LogP contribution in [0.3, 0.4) is 0 Å². The summed E-state index contributed by atoms with van der Waals surface area (Å²) in [4.78, 5) is 0. The predicted molar refractivity (Wildman–Crippen MR) is 79.2 cm³/mol. The average molecular weight is 363 g/mol. The third-order valence-corrected chi connectivity index (χ3v) is 3.75. The Morgan fingerprint density at radius 2 is 1.90 bits per heavy atom. The Morgan fingerprint density at radius 1 is 1.20 bits per heavy atom. The molecule has 0 heterocycles. The molecule has 0 aliphatic rings. The molecular formula is C14H11BrClF2NO. The van der Waals surface area contributed by atoms with Crippen molar-refractivity contribution in [3.8, 4) is 5.75 Å². The number of benzene rings is 2. The van der Waals surface area contributed by atoms with Gasteiger partial charge in [-0.25, -0.2) is 8.78 Å². The molecule has 2 nitrogen and oxygen atoms in total. The highest BCUT2D eigenvalue weighted by Crippen LogP contribution is 2.35. The molecule has 0 fully saturated rings. The van der Waals surface area contributed by atoms with Gasteiger partial charge in [-0.05, 0) is 53.2 Å². The normalized spacial score (nSPS) is 12.2. The predicted octanol–water partition coefficient (Wildman–Crippen LogP) is 5.26. The number of hydrogen-bond donors (Lipinski definition) is 2. The van der Waals surface area contributed by atoms with Crippen LogP contribution in [-0.4, -0.2) is 5.11 Å². The Kier molecular flexibility index (Phi) is 4.50. The van der Waals surface area contributed by atoms with Crippen LogP contribution in [0, 0.1) is 11.6 Å². The van der Waals surface area contributed by atoms with Crippen molar-refractivity contribution in [3.63, 3.8) is 0 Å². The van der Waals surface area contributed by atoms with E-state index in [1.807, 2.05) is 0 Å². The molecule has 0 aliphatic heterocycles. The van der Waals surface area contributed by atoms with Gasteiger partial charge < -0.3 is 10.4 Å². The van der Waals surface area contributed by atoms with E-state index in [4.69, 9.17) is 11.6 Å². The van der Waals surface area contributed by atoms with Gasteiger partial charge in [0.1, 0.15) is 17.4 Å². The highest BCUT2D eigenvalue weighted by molar-refractivity contribution is 9.10. The lowest BCUT2D eigenvalue weighted by Gasteiger charge is -2.19. The van der Waals surface area contributed by atoms with Crippen molar-refractivity contribution in [1.29, 1.82) is 0 Å². The molecule has 0 aliphatic carbocycles. The minimum atomic E-state index is -0.464. The SMILES string of the molecule is CC(Nc1c(Cl)cc(F)cc1Br)c1cc(F)ccc1O. The van der Waals surface area contributed by atoms with Crippen LogP contribution in [-0.2, 0) is 0 Å². The molecule has 0 spiro atoms. The van der Waals surface area contributed by atoms with Crippen LogP contribution in [0.15, 0.2) is 34.8 Å². The molecule has 0 saturated carbocycles. The zero-order valence-electron chi connectivity index (χ0n) is 10.4. The van der Waals surface area contributed by atoms with Gasteiger partial charge in [-0.15, -0.1) is 0 Å². The monoisotopic (exact) mass is 361 g/mol. The van der Waals surface area contributed by atoms with E-state index in [1.165, 1.54) is 30.3 Å². The maximum absolute atomic E-state index is 13.2. The molecule has 0 amide bonds. The van der Waals surface area contributed by atoms with Crippen molar-refractivity contribution in [2.24, 2.45) is 0 Å². The minimum absolute atomic E-state index is 0.0271. The molecule has 0 saturated heterocycles. The first-order valence-electron chi connectivity index (χ1n) is 5.78. The second-order valence-electron chi connectivity index (χ2n) is 4.31. The highest BCUT2D eigenvalue weighted by atomic mass is 79.9. The molecule has 2 aromatic carbocycles. The van der Waals surface area contributed by atoms with Gasteiger partial charge in [0.05, 0.1) is 16.8 Å². The Morgan fingerprint density at radius 3 is 2.55 bits per heavy atom. The number of anilines is 1. The molecule has 6 heteroatoms. The molecule has 106 valence electrons. The molecule has 0 radical (unpaired) electrons. The molecule has 1 atom stereocenters. The summed E-state index contributed by atoms with van der Waals surface area (Å²) in [5.41, 5.74) is 0.863. The lowest BCUT2D eigenvalue weighted by atomic mass is 10.1. The summed E-state index contributed by atoms with van der Waals surface area (Å²) >= 11 is 9.18. The molecule has 2 N–H and O–H groups in total. The summed E-state index contributed by atoms with van der Waals surface area (Å²) in [5, 5.41) is 13.0. The van der Waals surface area contributed by atoms with Crippen molar-refractivity contribution < 1.29 is 13.9 Å². The Hall–Kier alpha value is -1.33. The van der Waals surface area contributed by atoms with E-state index in [1.54, 1.807) is 6.92 Å². The number of halogens is 4. The Bertz CT molecular complexity index is 628.